The van der Waals surface area contributed by atoms with Gasteiger partial charge in [-0.05, 0) is 19.1 Å². The van der Waals surface area contributed by atoms with Crippen LogP contribution in [0.25, 0.3) is 0 Å². The van der Waals surface area contributed by atoms with Crippen LogP contribution in [0.1, 0.15) is 6.92 Å². The van der Waals surface area contributed by atoms with Gasteiger partial charge in [0.1, 0.15) is 0 Å². The molecule has 1 aliphatic rings. The molecule has 1 atom stereocenters. The van der Waals surface area contributed by atoms with Gasteiger partial charge in [0, 0.05) is 37.4 Å². The summed E-state index contributed by atoms with van der Waals surface area (Å²) >= 11 is 0. The fourth-order valence-corrected chi connectivity index (χ4v) is 2.19. The van der Waals surface area contributed by atoms with Gasteiger partial charge in [-0.1, -0.05) is 0 Å². The molecule has 1 aliphatic heterocycles. The van der Waals surface area contributed by atoms with Crippen LogP contribution >= 0.6 is 0 Å². The van der Waals surface area contributed by atoms with E-state index in [1.165, 1.54) is 5.69 Å². The topological polar surface area (TPSA) is 33.7 Å². The van der Waals surface area contributed by atoms with Crippen LogP contribution in [0.5, 0.6) is 11.5 Å². The number of hydrogen-bond donors (Lipinski definition) is 1. The van der Waals surface area contributed by atoms with Crippen LogP contribution in [0.15, 0.2) is 18.2 Å². The normalized spacial score (nSPS) is 20.2. The Morgan fingerprint density at radius 1 is 1.24 bits per heavy atom. The molecule has 0 amide bonds. The molecule has 1 aromatic carbocycles. The number of methoxy groups -OCH3 is 2. The van der Waals surface area contributed by atoms with E-state index in [1.54, 1.807) is 14.2 Å². The summed E-state index contributed by atoms with van der Waals surface area (Å²) in [5.74, 6) is 1.57. The molecule has 94 valence electrons. The minimum atomic E-state index is 0.525. The van der Waals surface area contributed by atoms with Crippen LogP contribution < -0.4 is 19.7 Å². The average Bonchev–Trinajstić information content (AvgIpc) is 2.38. The first-order chi connectivity index (χ1) is 8.24. The van der Waals surface area contributed by atoms with Crippen molar-refractivity contribution in [2.45, 2.75) is 13.0 Å². The van der Waals surface area contributed by atoms with Crippen molar-refractivity contribution >= 4 is 5.69 Å². The second-order valence-electron chi connectivity index (χ2n) is 4.34. The third-order valence-corrected chi connectivity index (χ3v) is 3.10. The molecule has 1 unspecified atom stereocenters. The molecule has 4 heteroatoms. The van der Waals surface area contributed by atoms with Gasteiger partial charge in [-0.2, -0.15) is 0 Å². The summed E-state index contributed by atoms with van der Waals surface area (Å²) < 4.78 is 10.6. The molecule has 2 rings (SSSR count). The van der Waals surface area contributed by atoms with E-state index >= 15 is 0 Å². The average molecular weight is 236 g/mol. The highest BCUT2D eigenvalue weighted by Crippen LogP contribution is 2.31. The van der Waals surface area contributed by atoms with E-state index in [4.69, 9.17) is 9.47 Å². The Hall–Kier alpha value is -1.42. The van der Waals surface area contributed by atoms with E-state index in [0.29, 0.717) is 6.04 Å². The number of piperazine rings is 1. The van der Waals surface area contributed by atoms with Gasteiger partial charge in [0.25, 0.3) is 0 Å². The quantitative estimate of drug-likeness (QED) is 0.862. The zero-order chi connectivity index (χ0) is 12.3. The summed E-state index contributed by atoms with van der Waals surface area (Å²) in [6.45, 7) is 5.28. The van der Waals surface area contributed by atoms with Crippen LogP contribution in [0.2, 0.25) is 0 Å². The summed E-state index contributed by atoms with van der Waals surface area (Å²) in [6.07, 6.45) is 0. The predicted molar refractivity (Wildman–Crippen MR) is 69.2 cm³/mol. The van der Waals surface area contributed by atoms with Gasteiger partial charge < -0.3 is 19.7 Å². The summed E-state index contributed by atoms with van der Waals surface area (Å²) in [5, 5.41) is 3.44. The lowest BCUT2D eigenvalue weighted by Crippen LogP contribution is -2.49. The highest BCUT2D eigenvalue weighted by Gasteiger charge is 2.17. The van der Waals surface area contributed by atoms with E-state index < -0.39 is 0 Å². The van der Waals surface area contributed by atoms with Crippen molar-refractivity contribution in [3.8, 4) is 11.5 Å². The lowest BCUT2D eigenvalue weighted by Gasteiger charge is -2.33. The maximum absolute atomic E-state index is 5.33. The van der Waals surface area contributed by atoms with Crippen molar-refractivity contribution < 1.29 is 9.47 Å². The molecule has 17 heavy (non-hydrogen) atoms. The molecule has 0 aromatic heterocycles. The first kappa shape index (κ1) is 12.0. The van der Waals surface area contributed by atoms with E-state index in [2.05, 4.69) is 23.2 Å². The van der Waals surface area contributed by atoms with Crippen molar-refractivity contribution in [1.29, 1.82) is 0 Å². The largest absolute Gasteiger partial charge is 0.493 e. The van der Waals surface area contributed by atoms with E-state index in [-0.39, 0.29) is 0 Å². The lowest BCUT2D eigenvalue weighted by molar-refractivity contribution is 0.355. The molecule has 1 heterocycles. The van der Waals surface area contributed by atoms with Crippen molar-refractivity contribution in [1.82, 2.24) is 5.32 Å². The van der Waals surface area contributed by atoms with Crippen LogP contribution in [0, 0.1) is 0 Å². The van der Waals surface area contributed by atoms with Gasteiger partial charge in [0.2, 0.25) is 0 Å². The van der Waals surface area contributed by atoms with Crippen LogP contribution in [0.3, 0.4) is 0 Å². The van der Waals surface area contributed by atoms with Crippen molar-refractivity contribution in [3.05, 3.63) is 18.2 Å². The first-order valence-corrected chi connectivity index (χ1v) is 5.95. The van der Waals surface area contributed by atoms with Crippen molar-refractivity contribution in [2.24, 2.45) is 0 Å². The number of rotatable bonds is 3. The second kappa shape index (κ2) is 5.27. The fraction of sp³-hybridized carbons (Fsp3) is 0.538. The molecule has 1 saturated heterocycles. The van der Waals surface area contributed by atoms with Crippen LogP contribution in [0.4, 0.5) is 5.69 Å². The molecule has 0 bridgehead atoms. The fourth-order valence-electron chi connectivity index (χ4n) is 2.19. The standard InChI is InChI=1S/C13H20N2O2/c1-10-9-15(7-6-14-10)11-4-5-12(16-2)13(8-11)17-3/h4-5,8,10,14H,6-7,9H2,1-3H3. The number of benzene rings is 1. The monoisotopic (exact) mass is 236 g/mol. The molecule has 0 aliphatic carbocycles. The highest BCUT2D eigenvalue weighted by atomic mass is 16.5. The molecule has 0 spiro atoms. The van der Waals surface area contributed by atoms with Crippen LogP contribution in [-0.4, -0.2) is 39.9 Å². The minimum Gasteiger partial charge on any atom is -0.493 e. The first-order valence-electron chi connectivity index (χ1n) is 5.95. The van der Waals surface area contributed by atoms with E-state index in [0.717, 1.165) is 31.1 Å². The number of ether oxygens (including phenoxy) is 2. The summed E-state index contributed by atoms with van der Waals surface area (Å²) in [4.78, 5) is 2.36. The lowest BCUT2D eigenvalue weighted by atomic mass is 10.2. The van der Waals surface area contributed by atoms with E-state index in [9.17, 15) is 0 Å². The van der Waals surface area contributed by atoms with Crippen molar-refractivity contribution in [2.75, 3.05) is 38.8 Å². The molecule has 0 saturated carbocycles. The number of nitrogens with zero attached hydrogens (tertiary/aromatic N) is 1. The Kier molecular flexibility index (Phi) is 3.74. The summed E-state index contributed by atoms with van der Waals surface area (Å²) in [5.41, 5.74) is 1.19. The van der Waals surface area contributed by atoms with Gasteiger partial charge in [-0.15, -0.1) is 0 Å². The van der Waals surface area contributed by atoms with Gasteiger partial charge in [-0.25, -0.2) is 0 Å². The SMILES string of the molecule is COc1ccc(N2CCNC(C)C2)cc1OC. The molecular weight excluding hydrogens is 216 g/mol. The zero-order valence-corrected chi connectivity index (χ0v) is 10.7. The Morgan fingerprint density at radius 3 is 2.65 bits per heavy atom. The Bertz CT molecular complexity index is 382. The Balaban J connectivity index is 2.20. The zero-order valence-electron chi connectivity index (χ0n) is 10.7. The maximum Gasteiger partial charge on any atom is 0.162 e. The third-order valence-electron chi connectivity index (χ3n) is 3.10. The van der Waals surface area contributed by atoms with Gasteiger partial charge in [0.15, 0.2) is 11.5 Å². The van der Waals surface area contributed by atoms with Crippen LogP contribution in [-0.2, 0) is 0 Å². The van der Waals surface area contributed by atoms with Crippen molar-refractivity contribution in [3.63, 3.8) is 0 Å². The van der Waals surface area contributed by atoms with Gasteiger partial charge in [-0.3, -0.25) is 0 Å². The Labute approximate surface area is 103 Å². The van der Waals surface area contributed by atoms with E-state index in [1.807, 2.05) is 12.1 Å². The smallest absolute Gasteiger partial charge is 0.162 e. The molecule has 1 N–H and O–H groups in total. The number of anilines is 1. The molecular formula is C13H20N2O2. The highest BCUT2D eigenvalue weighted by molar-refractivity contribution is 5.56. The maximum atomic E-state index is 5.33. The third kappa shape index (κ3) is 2.64. The molecule has 4 nitrogen and oxygen atoms in total. The molecule has 1 fully saturated rings. The number of hydrogen-bond acceptors (Lipinski definition) is 4. The van der Waals surface area contributed by atoms with Gasteiger partial charge in [0.05, 0.1) is 14.2 Å². The number of nitrogens with one attached hydrogen (secondary N) is 1. The Morgan fingerprint density at radius 2 is 2.00 bits per heavy atom. The second-order valence-corrected chi connectivity index (χ2v) is 4.34. The molecule has 0 radical (unpaired) electrons. The molecule has 1 aromatic rings. The summed E-state index contributed by atoms with van der Waals surface area (Å²) in [6, 6.07) is 6.61. The van der Waals surface area contributed by atoms with Gasteiger partial charge >= 0.3 is 0 Å². The predicted octanol–water partition coefficient (Wildman–Crippen LogP) is 1.50. The minimum absolute atomic E-state index is 0.525. The summed E-state index contributed by atoms with van der Waals surface area (Å²) in [7, 11) is 3.33.